The summed E-state index contributed by atoms with van der Waals surface area (Å²) in [5, 5.41) is 3.04. The Morgan fingerprint density at radius 1 is 1.41 bits per heavy atom. The minimum Gasteiger partial charge on any atom is -0.375 e. The highest BCUT2D eigenvalue weighted by atomic mass is 19.4. The van der Waals surface area contributed by atoms with Crippen LogP contribution in [0.25, 0.3) is 0 Å². The molecular weight excluding hydrogens is 297 g/mol. The van der Waals surface area contributed by atoms with E-state index in [0.717, 1.165) is 6.07 Å². The Balaban J connectivity index is 2.12. The first-order valence-electron chi connectivity index (χ1n) is 7.05. The Bertz CT molecular complexity index is 534. The third kappa shape index (κ3) is 3.78. The average molecular weight is 316 g/mol. The van der Waals surface area contributed by atoms with Crippen LogP contribution < -0.4 is 5.32 Å². The van der Waals surface area contributed by atoms with Crippen molar-refractivity contribution < 1.29 is 22.7 Å². The van der Waals surface area contributed by atoms with Crippen molar-refractivity contribution in [1.82, 2.24) is 10.2 Å². The summed E-state index contributed by atoms with van der Waals surface area (Å²) in [4.78, 5) is 13.7. The fraction of sp³-hybridized carbons (Fsp3) is 0.533. The van der Waals surface area contributed by atoms with Gasteiger partial charge in [0.1, 0.15) is 6.04 Å². The Morgan fingerprint density at radius 2 is 2.09 bits per heavy atom. The van der Waals surface area contributed by atoms with Gasteiger partial charge in [-0.25, -0.2) is 0 Å². The molecule has 122 valence electrons. The summed E-state index contributed by atoms with van der Waals surface area (Å²) in [7, 11) is 1.50. The van der Waals surface area contributed by atoms with Crippen molar-refractivity contribution in [3.8, 4) is 0 Å². The number of carbonyl (C=O) groups excluding carboxylic acids is 1. The summed E-state index contributed by atoms with van der Waals surface area (Å²) in [5.74, 6) is -0.274. The van der Waals surface area contributed by atoms with E-state index < -0.39 is 17.8 Å². The first kappa shape index (κ1) is 16.8. The molecule has 1 amide bonds. The van der Waals surface area contributed by atoms with Crippen LogP contribution in [0.2, 0.25) is 0 Å². The van der Waals surface area contributed by atoms with Crippen LogP contribution in [-0.2, 0) is 22.3 Å². The normalized spacial score (nSPS) is 22.4. The topological polar surface area (TPSA) is 41.6 Å². The molecule has 0 unspecified atom stereocenters. The van der Waals surface area contributed by atoms with Gasteiger partial charge in [0, 0.05) is 20.1 Å². The van der Waals surface area contributed by atoms with E-state index in [0.29, 0.717) is 13.2 Å². The second-order valence-electron chi connectivity index (χ2n) is 5.36. The summed E-state index contributed by atoms with van der Waals surface area (Å²) >= 11 is 0. The molecule has 22 heavy (non-hydrogen) atoms. The van der Waals surface area contributed by atoms with Crippen molar-refractivity contribution >= 4 is 5.91 Å². The molecule has 1 aromatic rings. The zero-order valence-electron chi connectivity index (χ0n) is 12.5. The highest BCUT2D eigenvalue weighted by molar-refractivity contribution is 5.82. The number of nitrogens with zero attached hydrogens (tertiary/aromatic N) is 1. The van der Waals surface area contributed by atoms with E-state index in [2.05, 4.69) is 5.32 Å². The number of benzene rings is 1. The molecule has 1 heterocycles. The van der Waals surface area contributed by atoms with E-state index in [1.165, 1.54) is 30.1 Å². The molecule has 1 fully saturated rings. The fourth-order valence-corrected chi connectivity index (χ4v) is 2.52. The molecule has 0 spiro atoms. The number of carbonyl (C=O) groups is 1. The van der Waals surface area contributed by atoms with Crippen molar-refractivity contribution in [2.75, 3.05) is 20.2 Å². The maximum atomic E-state index is 13.0. The monoisotopic (exact) mass is 316 g/mol. The second-order valence-corrected chi connectivity index (χ2v) is 5.36. The van der Waals surface area contributed by atoms with Gasteiger partial charge in [0.05, 0.1) is 18.3 Å². The quantitative estimate of drug-likeness (QED) is 0.928. The third-order valence-electron chi connectivity index (χ3n) is 3.69. The summed E-state index contributed by atoms with van der Waals surface area (Å²) < 4.78 is 44.3. The molecule has 7 heteroatoms. The second kappa shape index (κ2) is 6.66. The van der Waals surface area contributed by atoms with Gasteiger partial charge in [0.25, 0.3) is 0 Å². The number of nitrogens with one attached hydrogen (secondary N) is 1. The van der Waals surface area contributed by atoms with Gasteiger partial charge in [-0.05, 0) is 18.6 Å². The molecule has 1 N–H and O–H groups in total. The predicted octanol–water partition coefficient (Wildman–Crippen LogP) is 2.04. The molecule has 0 saturated carbocycles. The van der Waals surface area contributed by atoms with Crippen LogP contribution in [-0.4, -0.2) is 43.2 Å². The zero-order chi connectivity index (χ0) is 16.3. The smallest absolute Gasteiger partial charge is 0.375 e. The van der Waals surface area contributed by atoms with Gasteiger partial charge in [-0.2, -0.15) is 13.2 Å². The van der Waals surface area contributed by atoms with Gasteiger partial charge in [-0.1, -0.05) is 18.2 Å². The molecule has 0 radical (unpaired) electrons. The number of hydrogen-bond acceptors (Lipinski definition) is 3. The Labute approximate surface area is 127 Å². The minimum absolute atomic E-state index is 0.0789. The van der Waals surface area contributed by atoms with Gasteiger partial charge in [0.15, 0.2) is 0 Å². The van der Waals surface area contributed by atoms with Crippen LogP contribution in [0.3, 0.4) is 0 Å². The summed E-state index contributed by atoms with van der Waals surface area (Å²) in [6.45, 7) is 2.74. The summed E-state index contributed by atoms with van der Waals surface area (Å²) in [6.07, 6.45) is -4.73. The molecule has 1 aliphatic heterocycles. The summed E-state index contributed by atoms with van der Waals surface area (Å²) in [5.41, 5.74) is -0.634. The highest BCUT2D eigenvalue weighted by Gasteiger charge is 2.35. The van der Waals surface area contributed by atoms with Crippen molar-refractivity contribution in [3.05, 3.63) is 35.4 Å². The molecule has 0 bridgehead atoms. The predicted molar refractivity (Wildman–Crippen MR) is 75.1 cm³/mol. The van der Waals surface area contributed by atoms with Crippen LogP contribution >= 0.6 is 0 Å². The maximum Gasteiger partial charge on any atom is 0.416 e. The zero-order valence-corrected chi connectivity index (χ0v) is 12.5. The van der Waals surface area contributed by atoms with E-state index in [4.69, 9.17) is 4.74 Å². The van der Waals surface area contributed by atoms with Gasteiger partial charge >= 0.3 is 6.18 Å². The lowest BCUT2D eigenvalue weighted by molar-refractivity contribution is -0.142. The van der Waals surface area contributed by atoms with E-state index in [1.54, 1.807) is 6.92 Å². The van der Waals surface area contributed by atoms with Crippen molar-refractivity contribution in [1.29, 1.82) is 0 Å². The van der Waals surface area contributed by atoms with E-state index in [-0.39, 0.29) is 24.1 Å². The maximum absolute atomic E-state index is 13.0. The molecule has 2 rings (SSSR count). The number of hydrogen-bond donors (Lipinski definition) is 1. The molecule has 1 aliphatic rings. The first-order valence-corrected chi connectivity index (χ1v) is 7.05. The fourth-order valence-electron chi connectivity index (χ4n) is 2.52. The van der Waals surface area contributed by atoms with Gasteiger partial charge in [0.2, 0.25) is 5.91 Å². The molecule has 4 nitrogen and oxygen atoms in total. The number of halogens is 3. The molecule has 2 atom stereocenters. The van der Waals surface area contributed by atoms with Crippen LogP contribution in [0.5, 0.6) is 0 Å². The van der Waals surface area contributed by atoms with Crippen molar-refractivity contribution in [3.63, 3.8) is 0 Å². The molecule has 0 aromatic heterocycles. The largest absolute Gasteiger partial charge is 0.416 e. The minimum atomic E-state index is -4.43. The van der Waals surface area contributed by atoms with Crippen LogP contribution in [0, 0.1) is 0 Å². The average Bonchev–Trinajstić information content (AvgIpc) is 2.46. The SMILES string of the molecule is C[C@H]1OCCN[C@@H]1C(=O)N(C)Cc1ccccc1C(F)(F)F. The van der Waals surface area contributed by atoms with Crippen LogP contribution in [0.1, 0.15) is 18.1 Å². The van der Waals surface area contributed by atoms with Crippen LogP contribution in [0.15, 0.2) is 24.3 Å². The number of amides is 1. The van der Waals surface area contributed by atoms with Crippen molar-refractivity contribution in [2.45, 2.75) is 31.8 Å². The Hall–Kier alpha value is -1.60. The van der Waals surface area contributed by atoms with Gasteiger partial charge < -0.3 is 15.0 Å². The number of likely N-dealkylation sites (N-methyl/N-ethyl adjacent to an activating group) is 1. The lowest BCUT2D eigenvalue weighted by Gasteiger charge is -2.32. The van der Waals surface area contributed by atoms with E-state index in [1.807, 2.05) is 0 Å². The summed E-state index contributed by atoms with van der Waals surface area (Å²) in [6, 6.07) is 4.76. The standard InChI is InChI=1S/C15H19F3N2O2/c1-10-13(19-7-8-22-10)14(21)20(2)9-11-5-3-4-6-12(11)15(16,17)18/h3-6,10,13,19H,7-9H2,1-2H3/t10-,13+/m1/s1. The molecule has 1 aromatic carbocycles. The van der Waals surface area contributed by atoms with E-state index in [9.17, 15) is 18.0 Å². The first-order chi connectivity index (χ1) is 10.3. The lowest BCUT2D eigenvalue weighted by Crippen LogP contribution is -2.55. The van der Waals surface area contributed by atoms with Crippen molar-refractivity contribution in [2.24, 2.45) is 0 Å². The Morgan fingerprint density at radius 3 is 2.73 bits per heavy atom. The van der Waals surface area contributed by atoms with Gasteiger partial charge in [-0.3, -0.25) is 4.79 Å². The van der Waals surface area contributed by atoms with E-state index >= 15 is 0 Å². The highest BCUT2D eigenvalue weighted by Crippen LogP contribution is 2.32. The third-order valence-corrected chi connectivity index (χ3v) is 3.69. The number of alkyl halides is 3. The molecule has 1 saturated heterocycles. The number of rotatable bonds is 3. The Kier molecular flexibility index (Phi) is 5.08. The van der Waals surface area contributed by atoms with Crippen LogP contribution in [0.4, 0.5) is 13.2 Å². The number of ether oxygens (including phenoxy) is 1. The lowest BCUT2D eigenvalue weighted by atomic mass is 10.1. The molecule has 0 aliphatic carbocycles. The molecular formula is C15H19F3N2O2. The number of morpholine rings is 1. The van der Waals surface area contributed by atoms with Gasteiger partial charge in [-0.15, -0.1) is 0 Å².